The summed E-state index contributed by atoms with van der Waals surface area (Å²) in [4.78, 5) is 30.2. The topological polar surface area (TPSA) is 79.3 Å². The van der Waals surface area contributed by atoms with Gasteiger partial charge in [-0.3, -0.25) is 9.59 Å². The molecule has 3 rings (SSSR count). The quantitative estimate of drug-likeness (QED) is 0.334. The van der Waals surface area contributed by atoms with Crippen LogP contribution in [0.4, 0.5) is 0 Å². The van der Waals surface area contributed by atoms with E-state index in [2.05, 4.69) is 13.8 Å². The minimum Gasteiger partial charge on any atom is -0.503 e. The first-order valence-electron chi connectivity index (χ1n) is 13.3. The molecule has 0 aliphatic carbocycles. The first kappa shape index (κ1) is 29.0. The number of ketones is 1. The van der Waals surface area contributed by atoms with Crippen LogP contribution in [0.5, 0.6) is 11.5 Å². The minimum atomic E-state index is -0.735. The highest BCUT2D eigenvalue weighted by Crippen LogP contribution is 2.41. The molecule has 38 heavy (non-hydrogen) atoms. The second-order valence-electron chi connectivity index (χ2n) is 10.1. The molecule has 204 valence electrons. The predicted molar refractivity (Wildman–Crippen MR) is 150 cm³/mol. The fraction of sp³-hybridized carbons (Fsp3) is 0.419. The molecule has 1 aliphatic heterocycles. The number of hydrogen-bond acceptors (Lipinski definition) is 6. The Bertz CT molecular complexity index is 1150. The maximum Gasteiger partial charge on any atom is 0.290 e. The van der Waals surface area contributed by atoms with Gasteiger partial charge in [0.25, 0.3) is 5.91 Å². The van der Waals surface area contributed by atoms with Gasteiger partial charge in [0.2, 0.25) is 0 Å². The summed E-state index contributed by atoms with van der Waals surface area (Å²) in [5.74, 6) is 0.223. The van der Waals surface area contributed by atoms with Crippen molar-refractivity contribution in [2.75, 3.05) is 40.4 Å². The molecule has 0 bridgehead atoms. The highest BCUT2D eigenvalue weighted by atomic mass is 16.5. The number of carbonyl (C=O) groups is 2. The summed E-state index contributed by atoms with van der Waals surface area (Å²) in [6, 6.07) is 14.2. The van der Waals surface area contributed by atoms with Crippen LogP contribution in [-0.2, 0) is 9.59 Å². The largest absolute Gasteiger partial charge is 0.503 e. The van der Waals surface area contributed by atoms with Crippen molar-refractivity contribution in [1.82, 2.24) is 9.80 Å². The first-order chi connectivity index (χ1) is 18.2. The number of aliphatic hydroxyl groups excluding tert-OH is 1. The lowest BCUT2D eigenvalue weighted by Crippen LogP contribution is -2.33. The highest BCUT2D eigenvalue weighted by molar-refractivity contribution is 6.14. The van der Waals surface area contributed by atoms with Crippen molar-refractivity contribution in [1.29, 1.82) is 0 Å². The number of nitrogens with zero attached hydrogens (tertiary/aromatic N) is 2. The monoisotopic (exact) mass is 520 g/mol. The van der Waals surface area contributed by atoms with Crippen molar-refractivity contribution in [3.63, 3.8) is 0 Å². The van der Waals surface area contributed by atoms with Gasteiger partial charge in [0.1, 0.15) is 0 Å². The minimum absolute atomic E-state index is 0.0722. The van der Waals surface area contributed by atoms with Crippen LogP contribution in [0.3, 0.4) is 0 Å². The Morgan fingerprint density at radius 1 is 1.11 bits per heavy atom. The van der Waals surface area contributed by atoms with Crippen LogP contribution < -0.4 is 9.47 Å². The van der Waals surface area contributed by atoms with Gasteiger partial charge in [-0.2, -0.15) is 0 Å². The summed E-state index contributed by atoms with van der Waals surface area (Å²) in [6.07, 6.45) is 4.71. The Labute approximate surface area is 226 Å². The molecule has 0 fully saturated rings. The molecular weight excluding hydrogens is 480 g/mol. The van der Waals surface area contributed by atoms with Gasteiger partial charge in [0.05, 0.1) is 24.8 Å². The third-order valence-corrected chi connectivity index (χ3v) is 6.34. The maximum atomic E-state index is 13.4. The smallest absolute Gasteiger partial charge is 0.290 e. The Kier molecular flexibility index (Phi) is 10.5. The number of carbonyl (C=O) groups excluding carboxylic acids is 2. The molecule has 7 nitrogen and oxygen atoms in total. The zero-order valence-corrected chi connectivity index (χ0v) is 23.1. The van der Waals surface area contributed by atoms with E-state index in [1.165, 1.54) is 6.08 Å². The maximum absolute atomic E-state index is 13.4. The van der Waals surface area contributed by atoms with E-state index in [9.17, 15) is 14.7 Å². The molecule has 1 N–H and O–H groups in total. The Balaban J connectivity index is 1.98. The number of rotatable bonds is 14. The van der Waals surface area contributed by atoms with Crippen molar-refractivity contribution in [3.05, 3.63) is 77.1 Å². The van der Waals surface area contributed by atoms with Gasteiger partial charge in [-0.05, 0) is 75.7 Å². The zero-order valence-electron chi connectivity index (χ0n) is 23.1. The normalized spacial score (nSPS) is 15.8. The standard InChI is InChI=1S/C31H40N2O5/c1-6-37-27-21-24(14-16-26(27)38-20-17-22(2)3)29-28(25(34)15-13-23-11-8-7-9-12-23)30(35)31(36)33(29)19-10-18-32(4)5/h7-9,11-16,21-22,29,35H,6,10,17-20H2,1-5H3. The van der Waals surface area contributed by atoms with Gasteiger partial charge in [-0.15, -0.1) is 0 Å². The second kappa shape index (κ2) is 13.8. The molecule has 7 heteroatoms. The van der Waals surface area contributed by atoms with Crippen LogP contribution in [0.15, 0.2) is 65.9 Å². The van der Waals surface area contributed by atoms with Crippen molar-refractivity contribution in [2.45, 2.75) is 39.7 Å². The van der Waals surface area contributed by atoms with E-state index < -0.39 is 23.5 Å². The molecule has 1 heterocycles. The molecule has 2 aromatic rings. The second-order valence-corrected chi connectivity index (χ2v) is 10.1. The Morgan fingerprint density at radius 2 is 1.84 bits per heavy atom. The molecule has 0 spiro atoms. The molecule has 0 aromatic heterocycles. The summed E-state index contributed by atoms with van der Waals surface area (Å²) >= 11 is 0. The summed E-state index contributed by atoms with van der Waals surface area (Å²) in [5.41, 5.74) is 1.61. The molecule has 2 aromatic carbocycles. The fourth-order valence-corrected chi connectivity index (χ4v) is 4.35. The van der Waals surface area contributed by atoms with Crippen molar-refractivity contribution >= 4 is 17.8 Å². The lowest BCUT2D eigenvalue weighted by atomic mass is 9.95. The average Bonchev–Trinajstić information content (AvgIpc) is 3.13. The molecule has 0 saturated heterocycles. The van der Waals surface area contributed by atoms with E-state index in [1.807, 2.05) is 74.4 Å². The van der Waals surface area contributed by atoms with E-state index in [1.54, 1.807) is 11.0 Å². The third-order valence-electron chi connectivity index (χ3n) is 6.34. The molecule has 1 atom stereocenters. The number of hydrogen-bond donors (Lipinski definition) is 1. The molecule has 1 aliphatic rings. The van der Waals surface area contributed by atoms with E-state index in [-0.39, 0.29) is 5.57 Å². The number of ether oxygens (including phenoxy) is 2. The van der Waals surface area contributed by atoms with Crippen molar-refractivity contribution in [3.8, 4) is 11.5 Å². The van der Waals surface area contributed by atoms with Crippen LogP contribution in [0.1, 0.15) is 50.8 Å². The van der Waals surface area contributed by atoms with Crippen molar-refractivity contribution < 1.29 is 24.2 Å². The molecule has 1 unspecified atom stereocenters. The van der Waals surface area contributed by atoms with E-state index in [0.717, 1.165) is 18.5 Å². The van der Waals surface area contributed by atoms with Gasteiger partial charge in [0.15, 0.2) is 23.0 Å². The molecular formula is C31H40N2O5. The predicted octanol–water partition coefficient (Wildman–Crippen LogP) is 5.44. The third kappa shape index (κ3) is 7.48. The zero-order chi connectivity index (χ0) is 27.7. The first-order valence-corrected chi connectivity index (χ1v) is 13.3. The SMILES string of the molecule is CCOc1cc(C2C(C(=O)C=Cc3ccccc3)=C(O)C(=O)N2CCCN(C)C)ccc1OCCC(C)C. The van der Waals surface area contributed by atoms with Gasteiger partial charge >= 0.3 is 0 Å². The van der Waals surface area contributed by atoms with Gasteiger partial charge < -0.3 is 24.4 Å². The summed E-state index contributed by atoms with van der Waals surface area (Å²) in [6.45, 7) is 8.33. The van der Waals surface area contributed by atoms with Crippen LogP contribution in [0.2, 0.25) is 0 Å². The van der Waals surface area contributed by atoms with Crippen LogP contribution >= 0.6 is 0 Å². The molecule has 0 radical (unpaired) electrons. The lowest BCUT2D eigenvalue weighted by Gasteiger charge is -2.28. The van der Waals surface area contributed by atoms with Gasteiger partial charge in [-0.25, -0.2) is 0 Å². The highest BCUT2D eigenvalue weighted by Gasteiger charge is 2.42. The van der Waals surface area contributed by atoms with Gasteiger partial charge in [-0.1, -0.05) is 56.3 Å². The Morgan fingerprint density at radius 3 is 2.50 bits per heavy atom. The lowest BCUT2D eigenvalue weighted by molar-refractivity contribution is -0.129. The summed E-state index contributed by atoms with van der Waals surface area (Å²) < 4.78 is 11.9. The molecule has 1 amide bonds. The summed E-state index contributed by atoms with van der Waals surface area (Å²) in [7, 11) is 3.93. The van der Waals surface area contributed by atoms with E-state index in [0.29, 0.717) is 49.2 Å². The summed E-state index contributed by atoms with van der Waals surface area (Å²) in [5, 5.41) is 10.9. The van der Waals surface area contributed by atoms with Crippen LogP contribution in [0.25, 0.3) is 6.08 Å². The number of allylic oxidation sites excluding steroid dienone is 1. The molecule has 0 saturated carbocycles. The number of amides is 1. The van der Waals surface area contributed by atoms with Crippen molar-refractivity contribution in [2.24, 2.45) is 5.92 Å². The van der Waals surface area contributed by atoms with E-state index >= 15 is 0 Å². The number of benzene rings is 2. The number of aliphatic hydroxyl groups is 1. The average molecular weight is 521 g/mol. The van der Waals surface area contributed by atoms with Crippen LogP contribution in [-0.4, -0.2) is 67.0 Å². The van der Waals surface area contributed by atoms with Crippen LogP contribution in [0, 0.1) is 5.92 Å². The van der Waals surface area contributed by atoms with E-state index in [4.69, 9.17) is 9.47 Å². The fourth-order valence-electron chi connectivity index (χ4n) is 4.35. The van der Waals surface area contributed by atoms with Gasteiger partial charge in [0, 0.05) is 6.54 Å². The Hall–Kier alpha value is -3.58.